The molecule has 1 aliphatic rings. The van der Waals surface area contributed by atoms with Crippen LogP contribution in [0.15, 0.2) is 36.1 Å². The molecule has 2 nitrogen and oxygen atoms in total. The maximum atomic E-state index is 11.9. The number of ketones is 1. The van der Waals surface area contributed by atoms with Gasteiger partial charge in [-0.1, -0.05) is 32.9 Å². The highest BCUT2D eigenvalue weighted by atomic mass is 16.5. The van der Waals surface area contributed by atoms with E-state index in [2.05, 4.69) is 0 Å². The zero-order chi connectivity index (χ0) is 11.1. The first-order valence-electron chi connectivity index (χ1n) is 5.02. The van der Waals surface area contributed by atoms with Crippen molar-refractivity contribution in [3.05, 3.63) is 41.7 Å². The van der Waals surface area contributed by atoms with Crippen LogP contribution >= 0.6 is 0 Å². The normalized spacial score (nSPS) is 17.8. The van der Waals surface area contributed by atoms with Crippen LogP contribution in [0.3, 0.4) is 0 Å². The number of carbonyl (C=O) groups is 1. The van der Waals surface area contributed by atoms with Gasteiger partial charge in [0, 0.05) is 0 Å². The Bertz CT molecular complexity index is 436. The first kappa shape index (κ1) is 9.97. The molecular formula is C13H14O2. The molecular weight excluding hydrogens is 188 g/mol. The van der Waals surface area contributed by atoms with Crippen molar-refractivity contribution in [1.29, 1.82) is 0 Å². The monoisotopic (exact) mass is 202 g/mol. The molecule has 15 heavy (non-hydrogen) atoms. The van der Waals surface area contributed by atoms with Gasteiger partial charge in [-0.15, -0.1) is 0 Å². The van der Waals surface area contributed by atoms with E-state index in [1.165, 1.54) is 0 Å². The topological polar surface area (TPSA) is 26.3 Å². The molecule has 0 spiro atoms. The van der Waals surface area contributed by atoms with Gasteiger partial charge in [-0.05, 0) is 23.6 Å². The van der Waals surface area contributed by atoms with Gasteiger partial charge in [-0.2, -0.15) is 0 Å². The number of hydrogen-bond donors (Lipinski definition) is 0. The van der Waals surface area contributed by atoms with E-state index >= 15 is 0 Å². The minimum atomic E-state index is -0.0486. The number of benzene rings is 1. The van der Waals surface area contributed by atoms with Crippen LogP contribution in [0.5, 0.6) is 5.75 Å². The van der Waals surface area contributed by atoms with Gasteiger partial charge in [-0.3, -0.25) is 4.79 Å². The second-order valence-corrected chi connectivity index (χ2v) is 4.80. The standard InChI is InChI=1S/C13H14O2/c1-13(2,3)8-11-12(14)9-6-4-5-7-10(9)15-11/h4-8H,1-3H3/b11-8+. The largest absolute Gasteiger partial charge is 0.453 e. The number of hydrogen-bond acceptors (Lipinski definition) is 2. The SMILES string of the molecule is CC(C)(C)/C=C1/Oc2ccccc2C1=O. The number of allylic oxidation sites excluding steroid dienone is 2. The molecule has 0 atom stereocenters. The van der Waals surface area contributed by atoms with Crippen LogP contribution in [-0.2, 0) is 0 Å². The quantitative estimate of drug-likeness (QED) is 0.604. The van der Waals surface area contributed by atoms with Crippen LogP contribution in [0.25, 0.3) is 0 Å². The summed E-state index contributed by atoms with van der Waals surface area (Å²) in [5, 5.41) is 0. The van der Waals surface area contributed by atoms with Gasteiger partial charge in [0.1, 0.15) is 5.75 Å². The molecule has 0 saturated carbocycles. The van der Waals surface area contributed by atoms with Crippen molar-refractivity contribution < 1.29 is 9.53 Å². The van der Waals surface area contributed by atoms with Gasteiger partial charge in [0.2, 0.25) is 5.78 Å². The second-order valence-electron chi connectivity index (χ2n) is 4.80. The Morgan fingerprint density at radius 2 is 1.87 bits per heavy atom. The van der Waals surface area contributed by atoms with Gasteiger partial charge in [0.25, 0.3) is 0 Å². The van der Waals surface area contributed by atoms with E-state index in [-0.39, 0.29) is 11.2 Å². The smallest absolute Gasteiger partial charge is 0.231 e. The highest BCUT2D eigenvalue weighted by molar-refractivity contribution is 6.12. The summed E-state index contributed by atoms with van der Waals surface area (Å²) in [4.78, 5) is 11.9. The number of carbonyl (C=O) groups excluding carboxylic acids is 1. The summed E-state index contributed by atoms with van der Waals surface area (Å²) < 4.78 is 5.51. The van der Waals surface area contributed by atoms with Crippen molar-refractivity contribution in [2.45, 2.75) is 20.8 Å². The van der Waals surface area contributed by atoms with Crippen molar-refractivity contribution in [3.63, 3.8) is 0 Å². The van der Waals surface area contributed by atoms with Gasteiger partial charge >= 0.3 is 0 Å². The lowest BCUT2D eigenvalue weighted by molar-refractivity contribution is 0.101. The Balaban J connectivity index is 2.40. The molecule has 0 amide bonds. The molecule has 78 valence electrons. The Morgan fingerprint density at radius 3 is 2.47 bits per heavy atom. The van der Waals surface area contributed by atoms with Crippen LogP contribution in [0, 0.1) is 5.41 Å². The highest BCUT2D eigenvalue weighted by Crippen LogP contribution is 2.32. The van der Waals surface area contributed by atoms with Gasteiger partial charge < -0.3 is 4.74 Å². The summed E-state index contributed by atoms with van der Waals surface area (Å²) in [6.45, 7) is 6.12. The first-order chi connectivity index (χ1) is 6.97. The molecule has 2 heteroatoms. The third kappa shape index (κ3) is 1.94. The van der Waals surface area contributed by atoms with Crippen LogP contribution in [0.1, 0.15) is 31.1 Å². The van der Waals surface area contributed by atoms with E-state index in [0.717, 1.165) is 0 Å². The second kappa shape index (κ2) is 3.23. The molecule has 1 aliphatic heterocycles. The summed E-state index contributed by atoms with van der Waals surface area (Å²) in [6.07, 6.45) is 1.87. The molecule has 0 aromatic heterocycles. The van der Waals surface area contributed by atoms with Crippen LogP contribution in [0.4, 0.5) is 0 Å². The number of rotatable bonds is 0. The maximum absolute atomic E-state index is 11.9. The van der Waals surface area contributed by atoms with E-state index in [1.807, 2.05) is 45.0 Å². The molecule has 1 heterocycles. The van der Waals surface area contributed by atoms with Crippen molar-refractivity contribution in [2.75, 3.05) is 0 Å². The van der Waals surface area contributed by atoms with E-state index in [9.17, 15) is 4.79 Å². The predicted molar refractivity (Wildman–Crippen MR) is 58.9 cm³/mol. The summed E-state index contributed by atoms with van der Waals surface area (Å²) in [7, 11) is 0. The molecule has 1 aromatic carbocycles. The molecule has 0 bridgehead atoms. The van der Waals surface area contributed by atoms with Crippen molar-refractivity contribution in [1.82, 2.24) is 0 Å². The fourth-order valence-corrected chi connectivity index (χ4v) is 1.53. The van der Waals surface area contributed by atoms with E-state index in [0.29, 0.717) is 17.1 Å². The van der Waals surface area contributed by atoms with Crippen molar-refractivity contribution >= 4 is 5.78 Å². The lowest BCUT2D eigenvalue weighted by atomic mass is 9.95. The van der Waals surface area contributed by atoms with Gasteiger partial charge in [-0.25, -0.2) is 0 Å². The Hall–Kier alpha value is -1.57. The van der Waals surface area contributed by atoms with E-state index < -0.39 is 0 Å². The zero-order valence-corrected chi connectivity index (χ0v) is 9.20. The first-order valence-corrected chi connectivity index (χ1v) is 5.02. The maximum Gasteiger partial charge on any atom is 0.231 e. The number of fused-ring (bicyclic) bond motifs is 1. The lowest BCUT2D eigenvalue weighted by Gasteiger charge is -2.12. The Labute approximate surface area is 89.6 Å². The average Bonchev–Trinajstić information content (AvgIpc) is 2.42. The Kier molecular flexibility index (Phi) is 2.14. The summed E-state index contributed by atoms with van der Waals surface area (Å²) in [5.74, 6) is 1.10. The third-order valence-corrected chi connectivity index (χ3v) is 2.14. The molecule has 0 radical (unpaired) electrons. The molecule has 1 aromatic rings. The van der Waals surface area contributed by atoms with Gasteiger partial charge in [0.15, 0.2) is 5.76 Å². The van der Waals surface area contributed by atoms with E-state index in [1.54, 1.807) is 6.07 Å². The minimum absolute atomic E-state index is 0.0134. The minimum Gasteiger partial charge on any atom is -0.453 e. The average molecular weight is 202 g/mol. The van der Waals surface area contributed by atoms with Gasteiger partial charge in [0.05, 0.1) is 5.56 Å². The Morgan fingerprint density at radius 1 is 1.20 bits per heavy atom. The predicted octanol–water partition coefficient (Wildman–Crippen LogP) is 3.19. The number of ether oxygens (including phenoxy) is 1. The highest BCUT2D eigenvalue weighted by Gasteiger charge is 2.27. The van der Waals surface area contributed by atoms with Crippen molar-refractivity contribution in [2.24, 2.45) is 5.41 Å². The van der Waals surface area contributed by atoms with Crippen LogP contribution in [-0.4, -0.2) is 5.78 Å². The fourth-order valence-electron chi connectivity index (χ4n) is 1.53. The summed E-state index contributed by atoms with van der Waals surface area (Å²) >= 11 is 0. The fraction of sp³-hybridized carbons (Fsp3) is 0.308. The van der Waals surface area contributed by atoms with Crippen LogP contribution in [0.2, 0.25) is 0 Å². The van der Waals surface area contributed by atoms with E-state index in [4.69, 9.17) is 4.74 Å². The molecule has 0 unspecified atom stereocenters. The third-order valence-electron chi connectivity index (χ3n) is 2.14. The number of para-hydroxylation sites is 1. The van der Waals surface area contributed by atoms with Crippen LogP contribution < -0.4 is 4.74 Å². The lowest BCUT2D eigenvalue weighted by Crippen LogP contribution is -2.07. The molecule has 0 aliphatic carbocycles. The zero-order valence-electron chi connectivity index (χ0n) is 9.20. The summed E-state index contributed by atoms with van der Waals surface area (Å²) in [6, 6.07) is 7.32. The molecule has 0 N–H and O–H groups in total. The number of Topliss-reactive ketones (excluding diaryl/α,β-unsaturated/α-hetero) is 1. The molecule has 0 fully saturated rings. The summed E-state index contributed by atoms with van der Waals surface area (Å²) in [5.41, 5.74) is 0.612. The van der Waals surface area contributed by atoms with Crippen molar-refractivity contribution in [3.8, 4) is 5.75 Å². The molecule has 0 saturated heterocycles. The molecule has 2 rings (SSSR count).